The quantitative estimate of drug-likeness (QED) is 0.0323. The van der Waals surface area contributed by atoms with Gasteiger partial charge in [0.2, 0.25) is 5.91 Å². The minimum atomic E-state index is -0.794. The van der Waals surface area contributed by atoms with Crippen molar-refractivity contribution in [3.63, 3.8) is 0 Å². The van der Waals surface area contributed by atoms with Crippen LogP contribution in [0.25, 0.3) is 0 Å². The Morgan fingerprint density at radius 3 is 1.33 bits per heavy atom. The third-order valence-corrected chi connectivity index (χ3v) is 11.2. The molecule has 0 aromatic carbocycles. The monoisotopic (exact) mass is 814 g/mol. The SMILES string of the molecule is CCCCC/C=C\C/C=C\C/C=C\C/C=C\CCCC(=O)OC(CCCCCCCCCC)CC(=O)NC(CO)C(O)CCCCCCCCCCCCCCCC. The van der Waals surface area contributed by atoms with E-state index in [1.807, 2.05) is 0 Å². The van der Waals surface area contributed by atoms with Gasteiger partial charge in [0, 0.05) is 6.42 Å². The molecule has 3 unspecified atom stereocenters. The van der Waals surface area contributed by atoms with E-state index in [4.69, 9.17) is 4.74 Å². The highest BCUT2D eigenvalue weighted by molar-refractivity contribution is 5.77. The number of nitrogens with one attached hydrogen (secondary N) is 1. The standard InChI is InChI=1S/C52H95NO5/c1-4-7-10-13-16-19-21-23-25-26-27-29-31-33-36-39-42-45-52(57)58-48(43-40-37-34-18-15-12-9-6-3)46-51(56)53-49(47-54)50(55)44-41-38-35-32-30-28-24-22-20-17-14-11-8-5-2/h16,19,23,25,27,29,33,36,48-50,54-55H,4-15,17-18,20-22,24,26,28,30-32,34-35,37-47H2,1-3H3,(H,53,56)/b19-16-,25-23-,29-27-,36-33-. The van der Waals surface area contributed by atoms with Crippen LogP contribution in [0.15, 0.2) is 48.6 Å². The molecule has 0 saturated heterocycles. The van der Waals surface area contributed by atoms with Crippen LogP contribution in [0.5, 0.6) is 0 Å². The van der Waals surface area contributed by atoms with E-state index in [9.17, 15) is 19.8 Å². The molecule has 3 N–H and O–H groups in total. The molecule has 58 heavy (non-hydrogen) atoms. The molecule has 0 aromatic heterocycles. The Bertz CT molecular complexity index is 1000. The van der Waals surface area contributed by atoms with Gasteiger partial charge < -0.3 is 20.3 Å². The summed E-state index contributed by atoms with van der Waals surface area (Å²) in [5.74, 6) is -0.539. The fourth-order valence-electron chi connectivity index (χ4n) is 7.36. The average Bonchev–Trinajstić information content (AvgIpc) is 3.22. The summed E-state index contributed by atoms with van der Waals surface area (Å²) >= 11 is 0. The van der Waals surface area contributed by atoms with Gasteiger partial charge in [0.15, 0.2) is 0 Å². The number of esters is 1. The molecule has 1 amide bonds. The number of ether oxygens (including phenoxy) is 1. The first-order valence-corrected chi connectivity index (χ1v) is 24.9. The van der Waals surface area contributed by atoms with Gasteiger partial charge in [-0.3, -0.25) is 9.59 Å². The van der Waals surface area contributed by atoms with Crippen LogP contribution in [-0.4, -0.2) is 46.9 Å². The van der Waals surface area contributed by atoms with Crippen LogP contribution < -0.4 is 5.32 Å². The molecule has 0 rings (SSSR count). The maximum absolute atomic E-state index is 13.1. The van der Waals surface area contributed by atoms with Crippen LogP contribution in [0.1, 0.15) is 245 Å². The van der Waals surface area contributed by atoms with Crippen molar-refractivity contribution in [1.82, 2.24) is 5.32 Å². The molecule has 0 aliphatic heterocycles. The number of aliphatic hydroxyl groups is 2. The minimum absolute atomic E-state index is 0.0570. The Morgan fingerprint density at radius 2 is 0.879 bits per heavy atom. The van der Waals surface area contributed by atoms with Crippen molar-refractivity contribution in [1.29, 1.82) is 0 Å². The summed E-state index contributed by atoms with van der Waals surface area (Å²) in [4.78, 5) is 26.0. The lowest BCUT2D eigenvalue weighted by molar-refractivity contribution is -0.151. The predicted octanol–water partition coefficient (Wildman–Crippen LogP) is 14.7. The highest BCUT2D eigenvalue weighted by Gasteiger charge is 2.24. The summed E-state index contributed by atoms with van der Waals surface area (Å²) in [6.07, 6.45) is 54.6. The maximum Gasteiger partial charge on any atom is 0.306 e. The molecule has 338 valence electrons. The number of allylic oxidation sites excluding steroid dienone is 8. The lowest BCUT2D eigenvalue weighted by Crippen LogP contribution is -2.46. The molecule has 0 spiro atoms. The number of carbonyl (C=O) groups is 2. The Morgan fingerprint density at radius 1 is 0.500 bits per heavy atom. The van der Waals surface area contributed by atoms with Crippen LogP contribution >= 0.6 is 0 Å². The van der Waals surface area contributed by atoms with Gasteiger partial charge in [0.05, 0.1) is 25.2 Å². The van der Waals surface area contributed by atoms with Gasteiger partial charge in [0.25, 0.3) is 0 Å². The second kappa shape index (κ2) is 45.9. The number of rotatable bonds is 44. The normalized spacial score (nSPS) is 13.7. The zero-order chi connectivity index (χ0) is 42.4. The zero-order valence-electron chi connectivity index (χ0n) is 38.4. The summed E-state index contributed by atoms with van der Waals surface area (Å²) in [7, 11) is 0. The summed E-state index contributed by atoms with van der Waals surface area (Å²) in [5, 5.41) is 23.7. The number of hydrogen-bond acceptors (Lipinski definition) is 5. The van der Waals surface area contributed by atoms with Crippen LogP contribution in [0.2, 0.25) is 0 Å². The van der Waals surface area contributed by atoms with E-state index >= 15 is 0 Å². The molecular weight excluding hydrogens is 719 g/mol. The van der Waals surface area contributed by atoms with Crippen molar-refractivity contribution in [3.8, 4) is 0 Å². The van der Waals surface area contributed by atoms with Crippen LogP contribution in [0, 0.1) is 0 Å². The average molecular weight is 814 g/mol. The minimum Gasteiger partial charge on any atom is -0.462 e. The smallest absolute Gasteiger partial charge is 0.306 e. The molecule has 0 heterocycles. The van der Waals surface area contributed by atoms with Gasteiger partial charge in [-0.1, -0.05) is 217 Å². The van der Waals surface area contributed by atoms with E-state index in [0.29, 0.717) is 25.7 Å². The van der Waals surface area contributed by atoms with Crippen molar-refractivity contribution >= 4 is 11.9 Å². The van der Waals surface area contributed by atoms with E-state index in [1.165, 1.54) is 128 Å². The van der Waals surface area contributed by atoms with Gasteiger partial charge in [-0.05, 0) is 64.2 Å². The molecule has 0 aliphatic rings. The van der Waals surface area contributed by atoms with Crippen LogP contribution in [-0.2, 0) is 14.3 Å². The van der Waals surface area contributed by atoms with Crippen molar-refractivity contribution in [3.05, 3.63) is 48.6 Å². The molecule has 0 aliphatic carbocycles. The number of unbranched alkanes of at least 4 members (excludes halogenated alkanes) is 24. The predicted molar refractivity (Wildman–Crippen MR) is 250 cm³/mol. The molecule has 0 radical (unpaired) electrons. The highest BCUT2D eigenvalue weighted by atomic mass is 16.5. The van der Waals surface area contributed by atoms with E-state index in [2.05, 4.69) is 74.7 Å². The third kappa shape index (κ3) is 40.6. The molecule has 0 fully saturated rings. The van der Waals surface area contributed by atoms with Crippen molar-refractivity contribution < 1.29 is 24.5 Å². The van der Waals surface area contributed by atoms with Gasteiger partial charge in [-0.25, -0.2) is 0 Å². The molecule has 0 aromatic rings. The topological polar surface area (TPSA) is 95.9 Å². The van der Waals surface area contributed by atoms with E-state index < -0.39 is 18.2 Å². The Balaban J connectivity index is 4.52. The van der Waals surface area contributed by atoms with Gasteiger partial charge in [-0.2, -0.15) is 0 Å². The van der Waals surface area contributed by atoms with E-state index in [-0.39, 0.29) is 24.9 Å². The van der Waals surface area contributed by atoms with Gasteiger partial charge in [-0.15, -0.1) is 0 Å². The molecule has 6 nitrogen and oxygen atoms in total. The summed E-state index contributed by atoms with van der Waals surface area (Å²) < 4.78 is 5.87. The fourth-order valence-corrected chi connectivity index (χ4v) is 7.36. The fraction of sp³-hybridized carbons (Fsp3) is 0.808. The van der Waals surface area contributed by atoms with E-state index in [1.54, 1.807) is 0 Å². The van der Waals surface area contributed by atoms with Crippen LogP contribution in [0.4, 0.5) is 0 Å². The van der Waals surface area contributed by atoms with Crippen LogP contribution in [0.3, 0.4) is 0 Å². The first kappa shape index (κ1) is 55.8. The lowest BCUT2D eigenvalue weighted by Gasteiger charge is -2.24. The number of amides is 1. The first-order chi connectivity index (χ1) is 28.5. The molecule has 0 saturated carbocycles. The Labute approximate surface area is 359 Å². The summed E-state index contributed by atoms with van der Waals surface area (Å²) in [5.41, 5.74) is 0. The van der Waals surface area contributed by atoms with Crippen molar-refractivity contribution in [2.75, 3.05) is 6.61 Å². The first-order valence-electron chi connectivity index (χ1n) is 24.9. The van der Waals surface area contributed by atoms with Gasteiger partial charge in [0.1, 0.15) is 6.10 Å². The Kier molecular flexibility index (Phi) is 44.2. The summed E-state index contributed by atoms with van der Waals surface area (Å²) in [6.45, 7) is 6.42. The van der Waals surface area contributed by atoms with Gasteiger partial charge >= 0.3 is 5.97 Å². The second-order valence-corrected chi connectivity index (χ2v) is 16.9. The second-order valence-electron chi connectivity index (χ2n) is 16.9. The lowest BCUT2D eigenvalue weighted by atomic mass is 10.0. The Hall–Kier alpha value is -2.18. The summed E-state index contributed by atoms with van der Waals surface area (Å²) in [6, 6.07) is -0.709. The molecular formula is C52H95NO5. The van der Waals surface area contributed by atoms with E-state index in [0.717, 1.165) is 64.2 Å². The number of aliphatic hydroxyl groups excluding tert-OH is 2. The van der Waals surface area contributed by atoms with Crippen molar-refractivity contribution in [2.24, 2.45) is 0 Å². The highest BCUT2D eigenvalue weighted by Crippen LogP contribution is 2.17. The molecule has 6 heteroatoms. The molecule has 0 bridgehead atoms. The number of hydrogen-bond donors (Lipinski definition) is 3. The maximum atomic E-state index is 13.1. The third-order valence-electron chi connectivity index (χ3n) is 11.2. The number of carbonyl (C=O) groups excluding carboxylic acids is 2. The molecule has 3 atom stereocenters. The van der Waals surface area contributed by atoms with Crippen molar-refractivity contribution in [2.45, 2.75) is 264 Å². The largest absolute Gasteiger partial charge is 0.462 e. The zero-order valence-corrected chi connectivity index (χ0v) is 38.4.